The Hall–Kier alpha value is -0.610. The summed E-state index contributed by atoms with van der Waals surface area (Å²) in [5.74, 6) is 0.648. The molecule has 0 aromatic rings. The molecular formula is C11H17NO3. The molecule has 0 radical (unpaired) electrons. The van der Waals surface area contributed by atoms with Crippen molar-refractivity contribution in [1.29, 1.82) is 0 Å². The molecule has 3 heterocycles. The van der Waals surface area contributed by atoms with E-state index in [0.717, 1.165) is 32.4 Å². The average molecular weight is 211 g/mol. The number of nitrogens with one attached hydrogen (secondary N) is 1. The Morgan fingerprint density at radius 3 is 3.07 bits per heavy atom. The fourth-order valence-corrected chi connectivity index (χ4v) is 2.88. The molecule has 4 aliphatic rings. The van der Waals surface area contributed by atoms with Crippen molar-refractivity contribution in [3.05, 3.63) is 0 Å². The molecule has 1 N–H and O–H groups in total. The van der Waals surface area contributed by atoms with Gasteiger partial charge in [-0.3, -0.25) is 4.79 Å². The summed E-state index contributed by atoms with van der Waals surface area (Å²) in [6.45, 7) is 2.26. The van der Waals surface area contributed by atoms with Crippen LogP contribution in [0.25, 0.3) is 0 Å². The van der Waals surface area contributed by atoms with Gasteiger partial charge in [0.25, 0.3) is 0 Å². The van der Waals surface area contributed by atoms with Crippen LogP contribution in [0, 0.1) is 11.8 Å². The third kappa shape index (κ3) is 1.66. The second-order valence-electron chi connectivity index (χ2n) is 4.80. The minimum Gasteiger partial charge on any atom is -0.463 e. The maximum absolute atomic E-state index is 11.7. The van der Waals surface area contributed by atoms with E-state index >= 15 is 0 Å². The van der Waals surface area contributed by atoms with Gasteiger partial charge in [-0.2, -0.15) is 0 Å². The lowest BCUT2D eigenvalue weighted by Crippen LogP contribution is -2.43. The average Bonchev–Trinajstić information content (AvgIpc) is 2.91. The van der Waals surface area contributed by atoms with Crippen molar-refractivity contribution in [3.8, 4) is 0 Å². The van der Waals surface area contributed by atoms with Crippen molar-refractivity contribution in [2.75, 3.05) is 19.8 Å². The number of esters is 1. The van der Waals surface area contributed by atoms with Gasteiger partial charge in [-0.25, -0.2) is 0 Å². The predicted octanol–water partition coefficient (Wildman–Crippen LogP) is 0.317. The molecule has 4 heteroatoms. The molecule has 0 aromatic heterocycles. The van der Waals surface area contributed by atoms with Gasteiger partial charge in [0.1, 0.15) is 6.61 Å². The number of fused-ring (bicyclic) bond motifs is 1. The Bertz CT molecular complexity index is 249. The van der Waals surface area contributed by atoms with Gasteiger partial charge in [-0.05, 0) is 31.7 Å². The third-order valence-corrected chi connectivity index (χ3v) is 3.85. The molecule has 4 rings (SSSR count). The Labute approximate surface area is 89.3 Å². The molecule has 4 nitrogen and oxygen atoms in total. The van der Waals surface area contributed by atoms with Crippen molar-refractivity contribution in [3.63, 3.8) is 0 Å². The van der Waals surface area contributed by atoms with Crippen LogP contribution in [0.1, 0.15) is 19.3 Å². The summed E-state index contributed by atoms with van der Waals surface area (Å²) in [4.78, 5) is 11.7. The highest BCUT2D eigenvalue weighted by Gasteiger charge is 2.51. The lowest BCUT2D eigenvalue weighted by atomic mass is 9.74. The van der Waals surface area contributed by atoms with E-state index in [2.05, 4.69) is 5.32 Å². The van der Waals surface area contributed by atoms with Gasteiger partial charge in [-0.1, -0.05) is 0 Å². The Balaban J connectivity index is 1.45. The summed E-state index contributed by atoms with van der Waals surface area (Å²) in [7, 11) is 0. The van der Waals surface area contributed by atoms with E-state index in [1.807, 2.05) is 0 Å². The first-order valence-electron chi connectivity index (χ1n) is 5.86. The van der Waals surface area contributed by atoms with Gasteiger partial charge in [0.15, 0.2) is 0 Å². The lowest BCUT2D eigenvalue weighted by Gasteiger charge is -2.32. The summed E-state index contributed by atoms with van der Waals surface area (Å²) in [6.07, 6.45) is 3.43. The minimum atomic E-state index is -0.0169. The first-order chi connectivity index (χ1) is 7.34. The van der Waals surface area contributed by atoms with Crippen LogP contribution in [0.5, 0.6) is 0 Å². The zero-order chi connectivity index (χ0) is 10.3. The fourth-order valence-electron chi connectivity index (χ4n) is 2.88. The maximum atomic E-state index is 11.7. The molecule has 1 saturated carbocycles. The van der Waals surface area contributed by atoms with E-state index in [4.69, 9.17) is 9.47 Å². The van der Waals surface area contributed by atoms with E-state index < -0.39 is 0 Å². The summed E-state index contributed by atoms with van der Waals surface area (Å²) >= 11 is 0. The summed E-state index contributed by atoms with van der Waals surface area (Å²) < 4.78 is 10.7. The molecule has 3 aliphatic heterocycles. The van der Waals surface area contributed by atoms with Crippen molar-refractivity contribution in [2.45, 2.75) is 31.4 Å². The standard InChI is InChI=1S/C11H17NO3/c13-11(10-7-4-9(10)12-5-7)15-6-8-2-1-3-14-8/h7-10,12H,1-6H2. The monoisotopic (exact) mass is 211 g/mol. The van der Waals surface area contributed by atoms with Gasteiger partial charge < -0.3 is 14.8 Å². The van der Waals surface area contributed by atoms with Gasteiger partial charge in [0.05, 0.1) is 12.0 Å². The second-order valence-corrected chi connectivity index (χ2v) is 4.80. The Kier molecular flexibility index (Phi) is 2.41. The zero-order valence-corrected chi connectivity index (χ0v) is 8.78. The van der Waals surface area contributed by atoms with E-state index in [9.17, 15) is 4.79 Å². The maximum Gasteiger partial charge on any atom is 0.310 e. The molecule has 15 heavy (non-hydrogen) atoms. The highest BCUT2D eigenvalue weighted by atomic mass is 16.6. The van der Waals surface area contributed by atoms with Crippen LogP contribution in [0.2, 0.25) is 0 Å². The van der Waals surface area contributed by atoms with Gasteiger partial charge >= 0.3 is 5.97 Å². The van der Waals surface area contributed by atoms with Crippen LogP contribution in [0.3, 0.4) is 0 Å². The quantitative estimate of drug-likeness (QED) is 0.683. The van der Waals surface area contributed by atoms with Gasteiger partial charge in [0, 0.05) is 12.6 Å². The molecule has 4 unspecified atom stereocenters. The lowest BCUT2D eigenvalue weighted by molar-refractivity contribution is -0.156. The van der Waals surface area contributed by atoms with Crippen LogP contribution in [0.15, 0.2) is 0 Å². The highest BCUT2D eigenvalue weighted by Crippen LogP contribution is 2.40. The number of hydrogen-bond acceptors (Lipinski definition) is 4. The van der Waals surface area contributed by atoms with Gasteiger partial charge in [0.2, 0.25) is 0 Å². The number of hydrogen-bond donors (Lipinski definition) is 1. The van der Waals surface area contributed by atoms with E-state index in [-0.39, 0.29) is 18.0 Å². The minimum absolute atomic E-state index is 0.0169. The van der Waals surface area contributed by atoms with Crippen molar-refractivity contribution >= 4 is 5.97 Å². The zero-order valence-electron chi connectivity index (χ0n) is 8.78. The third-order valence-electron chi connectivity index (χ3n) is 3.85. The smallest absolute Gasteiger partial charge is 0.310 e. The SMILES string of the molecule is O=C(OCC1CCCO1)C1C2CNC1C2. The van der Waals surface area contributed by atoms with Crippen LogP contribution < -0.4 is 5.32 Å². The predicted molar refractivity (Wildman–Crippen MR) is 53.3 cm³/mol. The Morgan fingerprint density at radius 1 is 1.53 bits per heavy atom. The fraction of sp³-hybridized carbons (Fsp3) is 0.909. The topological polar surface area (TPSA) is 47.6 Å². The summed E-state index contributed by atoms with van der Waals surface area (Å²) in [6, 6.07) is 0.395. The molecule has 4 fully saturated rings. The molecule has 3 saturated heterocycles. The summed E-state index contributed by atoms with van der Waals surface area (Å²) in [5.41, 5.74) is 0. The van der Waals surface area contributed by atoms with Crippen molar-refractivity contribution in [1.82, 2.24) is 5.32 Å². The molecular weight excluding hydrogens is 194 g/mol. The second kappa shape index (κ2) is 3.76. The molecule has 84 valence electrons. The molecule has 0 spiro atoms. The van der Waals surface area contributed by atoms with Crippen molar-refractivity contribution in [2.24, 2.45) is 11.8 Å². The Morgan fingerprint density at radius 2 is 2.47 bits per heavy atom. The van der Waals surface area contributed by atoms with E-state index in [1.54, 1.807) is 0 Å². The number of ether oxygens (including phenoxy) is 2. The number of carbonyl (C=O) groups is 1. The highest BCUT2D eigenvalue weighted by molar-refractivity contribution is 5.75. The number of rotatable bonds is 3. The first kappa shape index (κ1) is 9.60. The number of carbonyl (C=O) groups excluding carboxylic acids is 1. The molecule has 0 amide bonds. The van der Waals surface area contributed by atoms with E-state index in [1.165, 1.54) is 0 Å². The van der Waals surface area contributed by atoms with Crippen LogP contribution in [0.4, 0.5) is 0 Å². The van der Waals surface area contributed by atoms with Crippen LogP contribution >= 0.6 is 0 Å². The normalized spacial score (nSPS) is 42.7. The molecule has 0 aromatic carbocycles. The molecule has 2 bridgehead atoms. The van der Waals surface area contributed by atoms with Crippen LogP contribution in [-0.2, 0) is 14.3 Å². The molecule has 4 atom stereocenters. The van der Waals surface area contributed by atoms with Crippen molar-refractivity contribution < 1.29 is 14.3 Å². The first-order valence-corrected chi connectivity index (χ1v) is 5.86. The van der Waals surface area contributed by atoms with Gasteiger partial charge in [-0.15, -0.1) is 0 Å². The van der Waals surface area contributed by atoms with E-state index in [0.29, 0.717) is 18.6 Å². The van der Waals surface area contributed by atoms with Crippen LogP contribution in [-0.4, -0.2) is 37.9 Å². The molecule has 1 aliphatic carbocycles. The summed E-state index contributed by atoms with van der Waals surface area (Å²) in [5, 5.41) is 3.32. The largest absolute Gasteiger partial charge is 0.463 e.